The minimum atomic E-state index is -0.927. The molecule has 108 valence electrons. The maximum atomic E-state index is 11.9. The van der Waals surface area contributed by atoms with E-state index in [1.807, 2.05) is 6.07 Å². The first-order valence-electron chi connectivity index (χ1n) is 6.98. The smallest absolute Gasteiger partial charge is 0.335 e. The minimum absolute atomic E-state index is 0.0402. The molecule has 3 N–H and O–H groups in total. The van der Waals surface area contributed by atoms with E-state index in [4.69, 9.17) is 5.11 Å². The van der Waals surface area contributed by atoms with E-state index < -0.39 is 5.97 Å². The van der Waals surface area contributed by atoms with Crippen molar-refractivity contribution in [2.24, 2.45) is 5.92 Å². The summed E-state index contributed by atoms with van der Waals surface area (Å²) in [5.41, 5.74) is 1.06. The van der Waals surface area contributed by atoms with E-state index in [1.54, 1.807) is 18.2 Å². The van der Waals surface area contributed by atoms with Gasteiger partial charge in [0.1, 0.15) is 0 Å². The number of piperidine rings is 1. The van der Waals surface area contributed by atoms with Crippen molar-refractivity contribution in [3.8, 4) is 0 Å². The number of aromatic carboxylic acids is 1. The van der Waals surface area contributed by atoms with Gasteiger partial charge in [0.2, 0.25) is 5.91 Å². The molecule has 1 atom stereocenters. The van der Waals surface area contributed by atoms with Crippen LogP contribution in [0.4, 0.5) is 0 Å². The Bertz CT molecular complexity index is 482. The van der Waals surface area contributed by atoms with Gasteiger partial charge in [-0.2, -0.15) is 0 Å². The molecule has 1 aromatic carbocycles. The average molecular weight is 276 g/mol. The van der Waals surface area contributed by atoms with Crippen LogP contribution in [-0.4, -0.2) is 36.6 Å². The van der Waals surface area contributed by atoms with Gasteiger partial charge in [-0.1, -0.05) is 18.2 Å². The third kappa shape index (κ3) is 3.81. The summed E-state index contributed by atoms with van der Waals surface area (Å²) in [6, 6.07) is 6.90. The highest BCUT2D eigenvalue weighted by molar-refractivity contribution is 5.89. The van der Waals surface area contributed by atoms with E-state index in [-0.39, 0.29) is 11.8 Å². The standard InChI is InChI=1S/C15H20N2O3/c18-14(12-5-3-8-16-10-12)17-9-7-11-4-1-2-6-13(11)15(19)20/h1-2,4,6,12,16H,3,5,7-10H2,(H,17,18)(H,19,20)/t12-/m0/s1. The first-order chi connectivity index (χ1) is 9.68. The van der Waals surface area contributed by atoms with E-state index in [1.165, 1.54) is 0 Å². The number of hydrogen-bond donors (Lipinski definition) is 3. The molecule has 1 aliphatic heterocycles. The number of carboxylic acids is 1. The molecule has 2 rings (SSSR count). The summed E-state index contributed by atoms with van der Waals surface area (Å²) >= 11 is 0. The SMILES string of the molecule is O=C(O)c1ccccc1CCNC(=O)[C@H]1CCCNC1. The van der Waals surface area contributed by atoms with E-state index in [0.29, 0.717) is 18.5 Å². The lowest BCUT2D eigenvalue weighted by Crippen LogP contribution is -2.41. The second-order valence-electron chi connectivity index (χ2n) is 5.05. The fourth-order valence-corrected chi connectivity index (χ4v) is 2.49. The summed E-state index contributed by atoms with van der Waals surface area (Å²) in [5, 5.41) is 15.2. The van der Waals surface area contributed by atoms with Gasteiger partial charge in [0.25, 0.3) is 0 Å². The molecule has 1 saturated heterocycles. The maximum Gasteiger partial charge on any atom is 0.335 e. The normalized spacial score (nSPS) is 18.5. The van der Waals surface area contributed by atoms with Crippen LogP contribution in [-0.2, 0) is 11.2 Å². The van der Waals surface area contributed by atoms with Crippen molar-refractivity contribution < 1.29 is 14.7 Å². The zero-order valence-corrected chi connectivity index (χ0v) is 11.4. The van der Waals surface area contributed by atoms with E-state index in [2.05, 4.69) is 10.6 Å². The Morgan fingerprint density at radius 1 is 1.35 bits per heavy atom. The van der Waals surface area contributed by atoms with Crippen molar-refractivity contribution in [2.75, 3.05) is 19.6 Å². The van der Waals surface area contributed by atoms with Crippen LogP contribution in [0.5, 0.6) is 0 Å². The van der Waals surface area contributed by atoms with E-state index in [0.717, 1.165) is 31.5 Å². The predicted octanol–water partition coefficient (Wildman–Crippen LogP) is 1.04. The van der Waals surface area contributed by atoms with E-state index >= 15 is 0 Å². The minimum Gasteiger partial charge on any atom is -0.478 e. The Morgan fingerprint density at radius 2 is 2.15 bits per heavy atom. The highest BCUT2D eigenvalue weighted by Crippen LogP contribution is 2.11. The van der Waals surface area contributed by atoms with Crippen LogP contribution >= 0.6 is 0 Å². The molecular weight excluding hydrogens is 256 g/mol. The van der Waals surface area contributed by atoms with Gasteiger partial charge in [-0.3, -0.25) is 4.79 Å². The lowest BCUT2D eigenvalue weighted by Gasteiger charge is -2.21. The van der Waals surface area contributed by atoms with Gasteiger partial charge in [-0.15, -0.1) is 0 Å². The molecule has 0 spiro atoms. The zero-order chi connectivity index (χ0) is 14.4. The Hall–Kier alpha value is -1.88. The number of carboxylic acid groups (broad SMARTS) is 1. The molecule has 1 fully saturated rings. The largest absolute Gasteiger partial charge is 0.478 e. The molecule has 5 heteroatoms. The molecule has 0 bridgehead atoms. The van der Waals surface area contributed by atoms with Gasteiger partial charge in [-0.05, 0) is 37.4 Å². The Kier molecular flexibility index (Phi) is 5.12. The molecule has 1 aliphatic rings. The topological polar surface area (TPSA) is 78.4 Å². The zero-order valence-electron chi connectivity index (χ0n) is 11.4. The molecule has 1 aromatic rings. The van der Waals surface area contributed by atoms with Gasteiger partial charge in [-0.25, -0.2) is 4.79 Å². The Morgan fingerprint density at radius 3 is 2.85 bits per heavy atom. The first kappa shape index (κ1) is 14.5. The highest BCUT2D eigenvalue weighted by atomic mass is 16.4. The van der Waals surface area contributed by atoms with Crippen molar-refractivity contribution in [2.45, 2.75) is 19.3 Å². The lowest BCUT2D eigenvalue weighted by atomic mass is 9.98. The molecule has 0 aromatic heterocycles. The van der Waals surface area contributed by atoms with Crippen molar-refractivity contribution in [3.05, 3.63) is 35.4 Å². The summed E-state index contributed by atoms with van der Waals surface area (Å²) in [5.74, 6) is -0.827. The van der Waals surface area contributed by atoms with Crippen LogP contribution in [0, 0.1) is 5.92 Å². The predicted molar refractivity (Wildman–Crippen MR) is 75.7 cm³/mol. The van der Waals surface area contributed by atoms with Crippen LogP contribution in [0.3, 0.4) is 0 Å². The molecule has 0 aliphatic carbocycles. The number of rotatable bonds is 5. The quantitative estimate of drug-likeness (QED) is 0.751. The summed E-state index contributed by atoms with van der Waals surface area (Å²) in [6.45, 7) is 2.19. The molecule has 1 amide bonds. The third-order valence-electron chi connectivity index (χ3n) is 3.61. The summed E-state index contributed by atoms with van der Waals surface area (Å²) in [6.07, 6.45) is 2.48. The summed E-state index contributed by atoms with van der Waals surface area (Å²) in [7, 11) is 0. The van der Waals surface area contributed by atoms with Crippen LogP contribution in [0.25, 0.3) is 0 Å². The van der Waals surface area contributed by atoms with Crippen molar-refractivity contribution in [3.63, 3.8) is 0 Å². The van der Waals surface area contributed by atoms with E-state index in [9.17, 15) is 9.59 Å². The maximum absolute atomic E-state index is 11.9. The fourth-order valence-electron chi connectivity index (χ4n) is 2.49. The van der Waals surface area contributed by atoms with Crippen LogP contribution in [0.1, 0.15) is 28.8 Å². The molecule has 0 unspecified atom stereocenters. The Labute approximate surface area is 118 Å². The second-order valence-corrected chi connectivity index (χ2v) is 5.05. The number of amides is 1. The molecule has 0 saturated carbocycles. The van der Waals surface area contributed by atoms with Crippen LogP contribution in [0.2, 0.25) is 0 Å². The molecular formula is C15H20N2O3. The lowest BCUT2D eigenvalue weighted by molar-refractivity contribution is -0.125. The summed E-state index contributed by atoms with van der Waals surface area (Å²) in [4.78, 5) is 23.0. The third-order valence-corrected chi connectivity index (χ3v) is 3.61. The fraction of sp³-hybridized carbons (Fsp3) is 0.467. The number of carbonyl (C=O) groups is 2. The van der Waals surface area contributed by atoms with Gasteiger partial charge in [0.05, 0.1) is 11.5 Å². The van der Waals surface area contributed by atoms with Gasteiger partial charge < -0.3 is 15.7 Å². The van der Waals surface area contributed by atoms with Crippen LogP contribution in [0.15, 0.2) is 24.3 Å². The average Bonchev–Trinajstić information content (AvgIpc) is 2.48. The van der Waals surface area contributed by atoms with Gasteiger partial charge in [0.15, 0.2) is 0 Å². The van der Waals surface area contributed by atoms with Crippen molar-refractivity contribution in [1.82, 2.24) is 10.6 Å². The number of hydrogen-bond acceptors (Lipinski definition) is 3. The number of carbonyl (C=O) groups excluding carboxylic acids is 1. The molecule has 5 nitrogen and oxygen atoms in total. The monoisotopic (exact) mass is 276 g/mol. The van der Waals surface area contributed by atoms with Crippen LogP contribution < -0.4 is 10.6 Å². The van der Waals surface area contributed by atoms with Gasteiger partial charge >= 0.3 is 5.97 Å². The first-order valence-corrected chi connectivity index (χ1v) is 6.98. The second kappa shape index (κ2) is 7.05. The molecule has 1 heterocycles. The van der Waals surface area contributed by atoms with Crippen molar-refractivity contribution >= 4 is 11.9 Å². The van der Waals surface area contributed by atoms with Gasteiger partial charge in [0, 0.05) is 13.1 Å². The number of nitrogens with one attached hydrogen (secondary N) is 2. The Balaban J connectivity index is 1.83. The highest BCUT2D eigenvalue weighted by Gasteiger charge is 2.20. The van der Waals surface area contributed by atoms with Crippen molar-refractivity contribution in [1.29, 1.82) is 0 Å². The molecule has 0 radical (unpaired) electrons. The molecule has 20 heavy (non-hydrogen) atoms. The number of benzene rings is 1. The summed E-state index contributed by atoms with van der Waals surface area (Å²) < 4.78 is 0.